The van der Waals surface area contributed by atoms with E-state index in [1.165, 1.54) is 0 Å². The number of nitrogens with zero attached hydrogens (tertiary/aromatic N) is 1. The van der Waals surface area contributed by atoms with Crippen molar-refractivity contribution in [2.45, 2.75) is 31.0 Å². The third-order valence-electron chi connectivity index (χ3n) is 2.61. The van der Waals surface area contributed by atoms with Crippen LogP contribution < -0.4 is 0 Å². The van der Waals surface area contributed by atoms with Crippen LogP contribution in [0.3, 0.4) is 0 Å². The minimum atomic E-state index is -0.798. The molecule has 70 valence electrons. The number of carbonyl (C=O) groups is 1. The lowest BCUT2D eigenvalue weighted by Crippen LogP contribution is -2.34. The Bertz CT molecular complexity index is 297. The number of aliphatic hydroxyl groups is 1. The third kappa shape index (κ3) is 1.18. The van der Waals surface area contributed by atoms with Gasteiger partial charge in [-0.15, -0.1) is 0 Å². The van der Waals surface area contributed by atoms with Crippen molar-refractivity contribution in [3.05, 3.63) is 11.8 Å². The minimum absolute atomic E-state index is 0.0842. The number of hydrogen-bond donors (Lipinski definition) is 1. The molecule has 1 aliphatic heterocycles. The Labute approximate surface area is 75.9 Å². The molecule has 1 spiro atoms. The molecule has 4 heteroatoms. The van der Waals surface area contributed by atoms with Crippen molar-refractivity contribution in [2.75, 3.05) is 0 Å². The molecule has 0 aromatic carbocycles. The molecule has 0 saturated carbocycles. The van der Waals surface area contributed by atoms with Gasteiger partial charge in [0.15, 0.2) is 5.60 Å². The molecule has 0 radical (unpaired) electrons. The summed E-state index contributed by atoms with van der Waals surface area (Å²) in [4.78, 5) is 14.7. The van der Waals surface area contributed by atoms with E-state index in [1.54, 1.807) is 6.08 Å². The van der Waals surface area contributed by atoms with Gasteiger partial charge in [0.25, 0.3) is 0 Å². The lowest BCUT2D eigenvalue weighted by molar-refractivity contribution is -0.146. The van der Waals surface area contributed by atoms with Crippen molar-refractivity contribution >= 4 is 12.7 Å². The van der Waals surface area contributed by atoms with Gasteiger partial charge in [0, 0.05) is 5.70 Å². The molecule has 1 aliphatic carbocycles. The first kappa shape index (κ1) is 8.44. The van der Waals surface area contributed by atoms with E-state index in [-0.39, 0.29) is 12.4 Å². The minimum Gasteiger partial charge on any atom is -0.452 e. The Kier molecular flexibility index (Phi) is 1.73. The second kappa shape index (κ2) is 2.67. The van der Waals surface area contributed by atoms with E-state index in [9.17, 15) is 9.90 Å². The zero-order chi connectivity index (χ0) is 9.47. The number of ether oxygens (including phenoxy) is 1. The van der Waals surface area contributed by atoms with Gasteiger partial charge in [-0.1, -0.05) is 0 Å². The van der Waals surface area contributed by atoms with E-state index < -0.39 is 11.7 Å². The summed E-state index contributed by atoms with van der Waals surface area (Å²) in [6.07, 6.45) is 2.41. The molecule has 1 heterocycles. The van der Waals surface area contributed by atoms with Crippen LogP contribution in [0.2, 0.25) is 0 Å². The maximum absolute atomic E-state index is 11.0. The predicted octanol–water partition coefficient (Wildman–Crippen LogP) is 0.411. The van der Waals surface area contributed by atoms with E-state index in [4.69, 9.17) is 4.74 Å². The average Bonchev–Trinajstić information content (AvgIpc) is 2.59. The lowest BCUT2D eigenvalue weighted by Gasteiger charge is -2.22. The van der Waals surface area contributed by atoms with Crippen molar-refractivity contribution in [2.24, 2.45) is 4.99 Å². The van der Waals surface area contributed by atoms with Gasteiger partial charge >= 0.3 is 5.97 Å². The highest BCUT2D eigenvalue weighted by molar-refractivity contribution is 5.74. The summed E-state index contributed by atoms with van der Waals surface area (Å²) in [7, 11) is 0. The molecule has 1 N–H and O–H groups in total. The van der Waals surface area contributed by atoms with E-state index >= 15 is 0 Å². The molecule has 0 aromatic heterocycles. The molecule has 0 amide bonds. The molecule has 0 bridgehead atoms. The van der Waals surface area contributed by atoms with Gasteiger partial charge in [-0.25, -0.2) is 0 Å². The Balaban J connectivity index is 2.27. The van der Waals surface area contributed by atoms with Crippen LogP contribution in [0.4, 0.5) is 0 Å². The van der Waals surface area contributed by atoms with E-state index in [0.29, 0.717) is 12.8 Å². The van der Waals surface area contributed by atoms with Crippen molar-refractivity contribution in [1.29, 1.82) is 0 Å². The van der Waals surface area contributed by atoms with Gasteiger partial charge in [0.1, 0.15) is 6.10 Å². The number of aliphatic imine (C=N–C) groups is 1. The largest absolute Gasteiger partial charge is 0.452 e. The Morgan fingerprint density at radius 1 is 1.77 bits per heavy atom. The number of hydrogen-bond acceptors (Lipinski definition) is 4. The van der Waals surface area contributed by atoms with Gasteiger partial charge < -0.3 is 9.84 Å². The van der Waals surface area contributed by atoms with Crippen LogP contribution in [0.15, 0.2) is 16.8 Å². The van der Waals surface area contributed by atoms with E-state index in [2.05, 4.69) is 11.7 Å². The smallest absolute Gasteiger partial charge is 0.309 e. The molecular weight excluding hydrogens is 170 g/mol. The molecule has 0 unspecified atom stereocenters. The van der Waals surface area contributed by atoms with Crippen LogP contribution in [0, 0.1) is 0 Å². The van der Waals surface area contributed by atoms with Gasteiger partial charge in [0.05, 0.1) is 6.42 Å². The molecule has 13 heavy (non-hydrogen) atoms. The zero-order valence-corrected chi connectivity index (χ0v) is 7.19. The molecule has 2 aliphatic rings. The maximum Gasteiger partial charge on any atom is 0.309 e. The SMILES string of the molecule is C=NC1=C[C@@]2(CC1)OC(=O)C[C@H]2O. The number of aliphatic hydroxyl groups excluding tert-OH is 1. The fourth-order valence-electron chi connectivity index (χ4n) is 1.87. The van der Waals surface area contributed by atoms with Crippen LogP contribution >= 0.6 is 0 Å². The summed E-state index contributed by atoms with van der Waals surface area (Å²) in [5.41, 5.74) is 0.00176. The summed E-state index contributed by atoms with van der Waals surface area (Å²) < 4.78 is 5.10. The van der Waals surface area contributed by atoms with Crippen LogP contribution in [-0.2, 0) is 9.53 Å². The number of rotatable bonds is 1. The summed E-state index contributed by atoms with van der Waals surface area (Å²) in [5, 5.41) is 9.61. The number of esters is 1. The van der Waals surface area contributed by atoms with Crippen LogP contribution in [-0.4, -0.2) is 29.5 Å². The topological polar surface area (TPSA) is 58.9 Å². The predicted molar refractivity (Wildman–Crippen MR) is 46.3 cm³/mol. The Morgan fingerprint density at radius 2 is 2.54 bits per heavy atom. The summed E-state index contributed by atoms with van der Waals surface area (Å²) >= 11 is 0. The summed E-state index contributed by atoms with van der Waals surface area (Å²) in [6.45, 7) is 3.40. The highest BCUT2D eigenvalue weighted by Gasteiger charge is 2.49. The quantitative estimate of drug-likeness (QED) is 0.471. The fourth-order valence-corrected chi connectivity index (χ4v) is 1.87. The van der Waals surface area contributed by atoms with Gasteiger partial charge in [-0.3, -0.25) is 9.79 Å². The first-order chi connectivity index (χ1) is 6.16. The van der Waals surface area contributed by atoms with Crippen molar-refractivity contribution < 1.29 is 14.6 Å². The van der Waals surface area contributed by atoms with Gasteiger partial charge in [-0.2, -0.15) is 0 Å². The molecule has 4 nitrogen and oxygen atoms in total. The maximum atomic E-state index is 11.0. The number of allylic oxidation sites excluding steroid dienone is 1. The van der Waals surface area contributed by atoms with E-state index in [1.807, 2.05) is 0 Å². The normalized spacial score (nSPS) is 37.8. The highest BCUT2D eigenvalue weighted by atomic mass is 16.6. The lowest BCUT2D eigenvalue weighted by atomic mass is 9.97. The summed E-state index contributed by atoms with van der Waals surface area (Å²) in [6, 6.07) is 0. The molecule has 2 rings (SSSR count). The van der Waals surface area contributed by atoms with Crippen molar-refractivity contribution in [3.63, 3.8) is 0 Å². The molecular formula is C9H11NO3. The van der Waals surface area contributed by atoms with Crippen molar-refractivity contribution in [3.8, 4) is 0 Å². The molecule has 1 fully saturated rings. The zero-order valence-electron chi connectivity index (χ0n) is 7.19. The Morgan fingerprint density at radius 3 is 3.00 bits per heavy atom. The van der Waals surface area contributed by atoms with Crippen LogP contribution in [0.25, 0.3) is 0 Å². The van der Waals surface area contributed by atoms with Gasteiger partial charge in [0.2, 0.25) is 0 Å². The summed E-state index contributed by atoms with van der Waals surface area (Å²) in [5.74, 6) is -0.339. The fraction of sp³-hybridized carbons (Fsp3) is 0.556. The average molecular weight is 181 g/mol. The first-order valence-corrected chi connectivity index (χ1v) is 4.25. The number of carbonyl (C=O) groups excluding carboxylic acids is 1. The highest BCUT2D eigenvalue weighted by Crippen LogP contribution is 2.40. The first-order valence-electron chi connectivity index (χ1n) is 4.25. The van der Waals surface area contributed by atoms with Crippen molar-refractivity contribution in [1.82, 2.24) is 0 Å². The second-order valence-electron chi connectivity index (χ2n) is 3.44. The van der Waals surface area contributed by atoms with Crippen LogP contribution in [0.1, 0.15) is 19.3 Å². The third-order valence-corrected chi connectivity index (χ3v) is 2.61. The monoisotopic (exact) mass is 181 g/mol. The molecule has 2 atom stereocenters. The second-order valence-corrected chi connectivity index (χ2v) is 3.44. The standard InChI is InChI=1S/C9H11NO3/c1-10-6-2-3-9(5-6)7(11)4-8(12)13-9/h5,7,11H,1-4H2/t7-,9-/m1/s1. The van der Waals surface area contributed by atoms with Gasteiger partial charge in [-0.05, 0) is 25.6 Å². The molecule has 1 saturated heterocycles. The molecule has 0 aromatic rings. The van der Waals surface area contributed by atoms with Crippen LogP contribution in [0.5, 0.6) is 0 Å². The van der Waals surface area contributed by atoms with E-state index in [0.717, 1.165) is 5.70 Å². The Hall–Kier alpha value is -1.16.